The van der Waals surface area contributed by atoms with E-state index in [1.54, 1.807) is 12.1 Å². The molecule has 5 nitrogen and oxygen atoms in total. The van der Waals surface area contributed by atoms with Crippen molar-refractivity contribution in [2.75, 3.05) is 12.4 Å². The van der Waals surface area contributed by atoms with Crippen molar-refractivity contribution in [3.8, 4) is 0 Å². The molecule has 7 heteroatoms. The molecule has 0 amide bonds. The molecule has 0 unspecified atom stereocenters. The molecule has 1 atom stereocenters. The Labute approximate surface area is 161 Å². The number of anilines is 1. The van der Waals surface area contributed by atoms with Crippen molar-refractivity contribution in [1.29, 1.82) is 0 Å². The smallest absolute Gasteiger partial charge is 0.238 e. The quantitative estimate of drug-likeness (QED) is 0.757. The van der Waals surface area contributed by atoms with Gasteiger partial charge in [-0.2, -0.15) is 0 Å². The largest absolute Gasteiger partial charge is 0.345 e. The Kier molecular flexibility index (Phi) is 6.39. The zero-order chi connectivity index (χ0) is 19.5. The highest BCUT2D eigenvalue weighted by molar-refractivity contribution is 7.89. The van der Waals surface area contributed by atoms with Gasteiger partial charge in [-0.15, -0.1) is 0 Å². The number of nitrogens with zero attached hydrogens (tertiary/aromatic N) is 1. The minimum absolute atomic E-state index is 0.0283. The van der Waals surface area contributed by atoms with Crippen molar-refractivity contribution in [2.24, 2.45) is 5.14 Å². The highest BCUT2D eigenvalue weighted by atomic mass is 32.2. The molecule has 0 aliphatic heterocycles. The predicted octanol–water partition coefficient (Wildman–Crippen LogP) is 3.85. The van der Waals surface area contributed by atoms with Gasteiger partial charge in [0.1, 0.15) is 0 Å². The monoisotopic (exact) mass is 391 g/mol. The molecule has 0 radical (unpaired) electrons. The van der Waals surface area contributed by atoms with Gasteiger partial charge >= 0.3 is 0 Å². The molecule has 0 bridgehead atoms. The van der Waals surface area contributed by atoms with Crippen LogP contribution in [0.5, 0.6) is 0 Å². The summed E-state index contributed by atoms with van der Waals surface area (Å²) in [6.07, 6.45) is 0. The van der Waals surface area contributed by atoms with E-state index in [0.29, 0.717) is 11.0 Å². The van der Waals surface area contributed by atoms with Crippen LogP contribution in [0.3, 0.4) is 0 Å². The van der Waals surface area contributed by atoms with Crippen LogP contribution in [0.15, 0.2) is 53.4 Å². The lowest BCUT2D eigenvalue weighted by Crippen LogP contribution is -2.33. The number of benzene rings is 2. The molecule has 0 aliphatic carbocycles. The Bertz CT molecular complexity index is 861. The third kappa shape index (κ3) is 5.03. The van der Waals surface area contributed by atoms with E-state index < -0.39 is 10.0 Å². The number of sulfonamides is 1. The molecule has 0 aliphatic rings. The minimum Gasteiger partial charge on any atom is -0.345 e. The lowest BCUT2D eigenvalue weighted by Gasteiger charge is -2.28. The summed E-state index contributed by atoms with van der Waals surface area (Å²) in [6, 6.07) is 14.7. The van der Waals surface area contributed by atoms with Crippen molar-refractivity contribution in [3.63, 3.8) is 0 Å². The van der Waals surface area contributed by atoms with Crippen molar-refractivity contribution in [1.82, 2.24) is 4.90 Å². The number of hydrogen-bond acceptors (Lipinski definition) is 3. The van der Waals surface area contributed by atoms with Gasteiger partial charge in [0.15, 0.2) is 5.11 Å². The van der Waals surface area contributed by atoms with E-state index >= 15 is 0 Å². The maximum atomic E-state index is 11.4. The first-order chi connectivity index (χ1) is 12.1. The predicted molar refractivity (Wildman–Crippen MR) is 111 cm³/mol. The molecular formula is C19H25N3O2S2. The van der Waals surface area contributed by atoms with E-state index in [0.717, 1.165) is 11.3 Å². The van der Waals surface area contributed by atoms with Gasteiger partial charge in [0.05, 0.1) is 10.9 Å². The van der Waals surface area contributed by atoms with Crippen molar-refractivity contribution in [3.05, 3.63) is 59.7 Å². The number of thiocarbonyl (C=S) groups is 1. The molecule has 3 N–H and O–H groups in total. The van der Waals surface area contributed by atoms with Crippen LogP contribution in [-0.2, 0) is 10.0 Å². The molecule has 2 rings (SSSR count). The third-order valence-corrected chi connectivity index (χ3v) is 5.74. The van der Waals surface area contributed by atoms with E-state index in [2.05, 4.69) is 31.3 Å². The Morgan fingerprint density at radius 2 is 1.50 bits per heavy atom. The van der Waals surface area contributed by atoms with Gasteiger partial charge in [-0.3, -0.25) is 0 Å². The summed E-state index contributed by atoms with van der Waals surface area (Å²) >= 11 is 5.50. The molecular weight excluding hydrogens is 366 g/mol. The zero-order valence-electron chi connectivity index (χ0n) is 15.4. The first kappa shape index (κ1) is 20.4. The van der Waals surface area contributed by atoms with Crippen LogP contribution in [0.25, 0.3) is 0 Å². The maximum absolute atomic E-state index is 11.4. The number of nitrogens with two attached hydrogens (primary N) is 1. The molecule has 2 aromatic rings. The van der Waals surface area contributed by atoms with E-state index in [-0.39, 0.29) is 10.9 Å². The Morgan fingerprint density at radius 3 is 1.96 bits per heavy atom. The molecule has 0 spiro atoms. The molecule has 2 aromatic carbocycles. The first-order valence-corrected chi connectivity index (χ1v) is 10.3. The van der Waals surface area contributed by atoms with Gasteiger partial charge in [-0.1, -0.05) is 38.1 Å². The Balaban J connectivity index is 2.07. The lowest BCUT2D eigenvalue weighted by molar-refractivity contribution is 0.408. The fourth-order valence-electron chi connectivity index (χ4n) is 2.50. The van der Waals surface area contributed by atoms with Crippen molar-refractivity contribution in [2.45, 2.75) is 37.6 Å². The van der Waals surface area contributed by atoms with E-state index in [1.165, 1.54) is 17.7 Å². The van der Waals surface area contributed by atoms with Crippen LogP contribution < -0.4 is 10.5 Å². The highest BCUT2D eigenvalue weighted by Crippen LogP contribution is 2.22. The molecule has 26 heavy (non-hydrogen) atoms. The van der Waals surface area contributed by atoms with Gasteiger partial charge in [0.2, 0.25) is 10.0 Å². The topological polar surface area (TPSA) is 75.4 Å². The van der Waals surface area contributed by atoms with E-state index in [1.807, 2.05) is 31.0 Å². The highest BCUT2D eigenvalue weighted by Gasteiger charge is 2.16. The van der Waals surface area contributed by atoms with Crippen LogP contribution in [0.4, 0.5) is 5.69 Å². The second-order valence-electron chi connectivity index (χ2n) is 6.61. The summed E-state index contributed by atoms with van der Waals surface area (Å²) in [4.78, 5) is 2.03. The summed E-state index contributed by atoms with van der Waals surface area (Å²) in [7, 11) is -1.79. The van der Waals surface area contributed by atoms with Gasteiger partial charge in [-0.25, -0.2) is 13.6 Å². The van der Waals surface area contributed by atoms with Gasteiger partial charge < -0.3 is 10.2 Å². The van der Waals surface area contributed by atoms with Gasteiger partial charge in [0.25, 0.3) is 0 Å². The van der Waals surface area contributed by atoms with Crippen LogP contribution in [0, 0.1) is 0 Å². The van der Waals surface area contributed by atoms with E-state index in [9.17, 15) is 8.42 Å². The van der Waals surface area contributed by atoms with Gasteiger partial charge in [-0.05, 0) is 60.5 Å². The summed E-state index contributed by atoms with van der Waals surface area (Å²) in [5.74, 6) is 0.485. The number of primary sulfonamides is 1. The third-order valence-electron chi connectivity index (χ3n) is 4.42. The number of hydrogen-bond donors (Lipinski definition) is 2. The minimum atomic E-state index is -3.68. The summed E-state index contributed by atoms with van der Waals surface area (Å²) in [5.41, 5.74) is 3.15. The second-order valence-corrected chi connectivity index (χ2v) is 8.56. The number of nitrogens with one attached hydrogen (secondary N) is 1. The van der Waals surface area contributed by atoms with Crippen LogP contribution in [-0.4, -0.2) is 25.5 Å². The molecule has 0 saturated carbocycles. The Hall–Kier alpha value is -1.96. The van der Waals surface area contributed by atoms with Crippen LogP contribution in [0.2, 0.25) is 0 Å². The SMILES string of the molecule is CC(C)c1ccc(NC(=S)N(C)[C@@H](C)c2ccc(S(N)(=O)=O)cc2)cc1. The van der Waals surface area contributed by atoms with E-state index in [4.69, 9.17) is 17.4 Å². The maximum Gasteiger partial charge on any atom is 0.238 e. The average Bonchev–Trinajstić information content (AvgIpc) is 2.60. The molecule has 0 saturated heterocycles. The number of rotatable bonds is 5. The Morgan fingerprint density at radius 1 is 1.00 bits per heavy atom. The summed E-state index contributed by atoms with van der Waals surface area (Å²) in [6.45, 7) is 6.31. The van der Waals surface area contributed by atoms with Crippen LogP contribution in [0.1, 0.15) is 43.9 Å². The van der Waals surface area contributed by atoms with Gasteiger partial charge in [0, 0.05) is 12.7 Å². The second kappa shape index (κ2) is 8.16. The van der Waals surface area contributed by atoms with Crippen molar-refractivity contribution >= 4 is 33.0 Å². The molecule has 140 valence electrons. The molecule has 0 fully saturated rings. The first-order valence-electron chi connectivity index (χ1n) is 8.36. The fourth-order valence-corrected chi connectivity index (χ4v) is 3.29. The summed E-state index contributed by atoms with van der Waals surface area (Å²) < 4.78 is 22.7. The summed E-state index contributed by atoms with van der Waals surface area (Å²) in [5, 5.41) is 8.96. The normalized spacial score (nSPS) is 12.7. The lowest BCUT2D eigenvalue weighted by atomic mass is 10.0. The average molecular weight is 392 g/mol. The fraction of sp³-hybridized carbons (Fsp3) is 0.316. The van der Waals surface area contributed by atoms with Crippen molar-refractivity contribution < 1.29 is 8.42 Å². The van der Waals surface area contributed by atoms with Crippen LogP contribution >= 0.6 is 12.2 Å². The molecule has 0 aromatic heterocycles. The zero-order valence-corrected chi connectivity index (χ0v) is 17.1. The molecule has 0 heterocycles. The standard InChI is InChI=1S/C19H25N3O2S2/c1-13(2)15-5-9-17(10-6-15)21-19(25)22(4)14(3)16-7-11-18(12-8-16)26(20,23)24/h5-14H,1-4H3,(H,21,25)(H2,20,23,24)/t14-/m0/s1.